The summed E-state index contributed by atoms with van der Waals surface area (Å²) in [7, 11) is 0. The molecule has 1 rings (SSSR count). The molecule has 0 aromatic carbocycles. The van der Waals surface area contributed by atoms with Crippen LogP contribution in [0.3, 0.4) is 0 Å². The first-order valence-corrected chi connectivity index (χ1v) is 11.0. The molecule has 1 aromatic heterocycles. The van der Waals surface area contributed by atoms with Gasteiger partial charge in [0, 0.05) is 18.8 Å². The Bertz CT molecular complexity index is 457. The van der Waals surface area contributed by atoms with Crippen LogP contribution in [0.5, 0.6) is 0 Å². The van der Waals surface area contributed by atoms with Gasteiger partial charge in [-0.1, -0.05) is 96.8 Å². The second-order valence-corrected chi connectivity index (χ2v) is 7.56. The number of nitrogens with zero attached hydrogens (tertiary/aromatic N) is 2. The van der Waals surface area contributed by atoms with Crippen LogP contribution in [-0.2, 0) is 17.8 Å². The summed E-state index contributed by atoms with van der Waals surface area (Å²) in [6.07, 6.45) is 24.8. The lowest BCUT2D eigenvalue weighted by atomic mass is 10.0. The van der Waals surface area contributed by atoms with Crippen molar-refractivity contribution >= 4 is 5.97 Å². The van der Waals surface area contributed by atoms with Gasteiger partial charge in [-0.3, -0.25) is 4.79 Å². The summed E-state index contributed by atoms with van der Waals surface area (Å²) in [5.74, 6) is 0.0998. The maximum Gasteiger partial charge on any atom is 0.323 e. The van der Waals surface area contributed by atoms with Crippen molar-refractivity contribution in [1.29, 1.82) is 0 Å². The zero-order valence-electron chi connectivity index (χ0n) is 16.9. The van der Waals surface area contributed by atoms with Gasteiger partial charge in [0.2, 0.25) is 0 Å². The monoisotopic (exact) mass is 364 g/mol. The largest absolute Gasteiger partial charge is 0.480 e. The Balaban J connectivity index is 1.84. The van der Waals surface area contributed by atoms with Crippen LogP contribution < -0.4 is 0 Å². The zero-order chi connectivity index (χ0) is 18.9. The maximum absolute atomic E-state index is 10.8. The lowest BCUT2D eigenvalue weighted by Crippen LogP contribution is -2.11. The standard InChI is InChI=1S/C22H40N2O2/c1-2-3-4-5-6-7-8-9-10-11-12-13-14-15-16-17-21-23-18-19-24(21)20-22(25)26/h18-19H,2-17,20H2,1H3,(H,25,26). The molecule has 1 N–H and O–H groups in total. The zero-order valence-corrected chi connectivity index (χ0v) is 16.9. The quantitative estimate of drug-likeness (QED) is 0.307. The van der Waals surface area contributed by atoms with Crippen molar-refractivity contribution in [1.82, 2.24) is 9.55 Å². The van der Waals surface area contributed by atoms with Gasteiger partial charge in [0.1, 0.15) is 12.4 Å². The average Bonchev–Trinajstić information content (AvgIpc) is 3.04. The van der Waals surface area contributed by atoms with E-state index in [1.165, 1.54) is 89.9 Å². The van der Waals surface area contributed by atoms with Crippen LogP contribution in [-0.4, -0.2) is 20.6 Å². The molecule has 0 bridgehead atoms. The van der Waals surface area contributed by atoms with Crippen molar-refractivity contribution in [3.8, 4) is 0 Å². The highest BCUT2D eigenvalue weighted by Crippen LogP contribution is 2.14. The number of imidazole rings is 1. The molecule has 0 radical (unpaired) electrons. The van der Waals surface area contributed by atoms with Gasteiger partial charge in [0.15, 0.2) is 0 Å². The number of hydrogen-bond donors (Lipinski definition) is 1. The van der Waals surface area contributed by atoms with Gasteiger partial charge >= 0.3 is 5.97 Å². The number of aliphatic carboxylic acids is 1. The number of aryl methyl sites for hydroxylation is 1. The van der Waals surface area contributed by atoms with Gasteiger partial charge in [-0.15, -0.1) is 0 Å². The number of aromatic nitrogens is 2. The van der Waals surface area contributed by atoms with E-state index in [-0.39, 0.29) is 6.54 Å². The van der Waals surface area contributed by atoms with Gasteiger partial charge in [-0.2, -0.15) is 0 Å². The molecule has 0 aliphatic carbocycles. The molecule has 4 nitrogen and oxygen atoms in total. The molecule has 0 saturated heterocycles. The van der Waals surface area contributed by atoms with Crippen LogP contribution >= 0.6 is 0 Å². The molecular formula is C22H40N2O2. The lowest BCUT2D eigenvalue weighted by Gasteiger charge is -2.05. The number of unbranched alkanes of at least 4 members (excludes halogenated alkanes) is 14. The second-order valence-electron chi connectivity index (χ2n) is 7.56. The van der Waals surface area contributed by atoms with E-state index in [1.54, 1.807) is 17.0 Å². The molecule has 0 aliphatic rings. The summed E-state index contributed by atoms with van der Waals surface area (Å²) in [5.41, 5.74) is 0. The van der Waals surface area contributed by atoms with Crippen LogP contribution in [0.25, 0.3) is 0 Å². The second kappa shape index (κ2) is 15.9. The highest BCUT2D eigenvalue weighted by atomic mass is 16.4. The molecule has 0 saturated carbocycles. The van der Waals surface area contributed by atoms with Gasteiger partial charge in [-0.25, -0.2) is 4.98 Å². The normalized spacial score (nSPS) is 11.1. The molecule has 0 spiro atoms. The van der Waals surface area contributed by atoms with Crippen molar-refractivity contribution in [3.63, 3.8) is 0 Å². The fourth-order valence-corrected chi connectivity index (χ4v) is 3.51. The third-order valence-electron chi connectivity index (χ3n) is 5.11. The Morgan fingerprint density at radius 1 is 0.846 bits per heavy atom. The van der Waals surface area contributed by atoms with Crippen LogP contribution in [0.15, 0.2) is 12.4 Å². The summed E-state index contributed by atoms with van der Waals surface area (Å²) in [6, 6.07) is 0. The molecule has 0 atom stereocenters. The van der Waals surface area contributed by atoms with Crippen molar-refractivity contribution in [3.05, 3.63) is 18.2 Å². The molecule has 0 unspecified atom stereocenters. The summed E-state index contributed by atoms with van der Waals surface area (Å²) in [5, 5.41) is 8.86. The molecular weight excluding hydrogens is 324 g/mol. The fraction of sp³-hybridized carbons (Fsp3) is 0.818. The Morgan fingerprint density at radius 3 is 1.77 bits per heavy atom. The topological polar surface area (TPSA) is 55.1 Å². The summed E-state index contributed by atoms with van der Waals surface area (Å²) in [4.78, 5) is 15.1. The summed E-state index contributed by atoms with van der Waals surface area (Å²) in [6.45, 7) is 2.30. The van der Waals surface area contributed by atoms with Crippen molar-refractivity contribution in [2.75, 3.05) is 0 Å². The van der Waals surface area contributed by atoms with E-state index in [2.05, 4.69) is 11.9 Å². The minimum absolute atomic E-state index is 0.0219. The highest BCUT2D eigenvalue weighted by Gasteiger charge is 2.05. The minimum atomic E-state index is -0.805. The summed E-state index contributed by atoms with van der Waals surface area (Å²) >= 11 is 0. The van der Waals surface area contributed by atoms with E-state index >= 15 is 0 Å². The number of carboxylic acids is 1. The Hall–Kier alpha value is -1.32. The minimum Gasteiger partial charge on any atom is -0.480 e. The Morgan fingerprint density at radius 2 is 1.31 bits per heavy atom. The van der Waals surface area contributed by atoms with E-state index in [1.807, 2.05) is 0 Å². The van der Waals surface area contributed by atoms with Gasteiger partial charge in [-0.05, 0) is 6.42 Å². The smallest absolute Gasteiger partial charge is 0.323 e. The molecule has 0 fully saturated rings. The van der Waals surface area contributed by atoms with E-state index in [4.69, 9.17) is 5.11 Å². The SMILES string of the molecule is CCCCCCCCCCCCCCCCCc1nccn1CC(=O)O. The Kier molecular flexibility index (Phi) is 13.9. The first-order valence-electron chi connectivity index (χ1n) is 11.0. The molecule has 4 heteroatoms. The van der Waals surface area contributed by atoms with Crippen molar-refractivity contribution in [2.24, 2.45) is 0 Å². The van der Waals surface area contributed by atoms with Crippen molar-refractivity contribution in [2.45, 2.75) is 116 Å². The molecule has 0 aliphatic heterocycles. The maximum atomic E-state index is 10.8. The lowest BCUT2D eigenvalue weighted by molar-refractivity contribution is -0.137. The predicted molar refractivity (Wildman–Crippen MR) is 108 cm³/mol. The van der Waals surface area contributed by atoms with E-state index < -0.39 is 5.97 Å². The number of rotatable bonds is 18. The third-order valence-corrected chi connectivity index (χ3v) is 5.11. The van der Waals surface area contributed by atoms with Crippen molar-refractivity contribution < 1.29 is 9.90 Å². The van der Waals surface area contributed by atoms with E-state index in [0.29, 0.717) is 0 Å². The average molecular weight is 365 g/mol. The van der Waals surface area contributed by atoms with E-state index in [9.17, 15) is 4.79 Å². The van der Waals surface area contributed by atoms with Crippen LogP contribution in [0.4, 0.5) is 0 Å². The summed E-state index contributed by atoms with van der Waals surface area (Å²) < 4.78 is 1.74. The fourth-order valence-electron chi connectivity index (χ4n) is 3.51. The molecule has 1 aromatic rings. The predicted octanol–water partition coefficient (Wildman–Crippen LogP) is 6.38. The first kappa shape index (κ1) is 22.7. The molecule has 150 valence electrons. The van der Waals surface area contributed by atoms with Crippen LogP contribution in [0.1, 0.15) is 109 Å². The van der Waals surface area contributed by atoms with E-state index in [0.717, 1.165) is 18.7 Å². The van der Waals surface area contributed by atoms with Gasteiger partial charge in [0.25, 0.3) is 0 Å². The Labute approximate surface area is 160 Å². The molecule has 0 amide bonds. The van der Waals surface area contributed by atoms with Crippen LogP contribution in [0.2, 0.25) is 0 Å². The number of carbonyl (C=O) groups is 1. The highest BCUT2D eigenvalue weighted by molar-refractivity contribution is 5.66. The van der Waals surface area contributed by atoms with Gasteiger partial charge < -0.3 is 9.67 Å². The number of carboxylic acid groups (broad SMARTS) is 1. The first-order chi connectivity index (χ1) is 12.7. The third kappa shape index (κ3) is 12.1. The van der Waals surface area contributed by atoms with Crippen LogP contribution in [0, 0.1) is 0 Å². The molecule has 1 heterocycles. The number of hydrogen-bond acceptors (Lipinski definition) is 2. The molecule has 26 heavy (non-hydrogen) atoms. The van der Waals surface area contributed by atoms with Gasteiger partial charge in [0.05, 0.1) is 0 Å².